The van der Waals surface area contributed by atoms with Crippen LogP contribution in [0.2, 0.25) is 0 Å². The Balaban J connectivity index is 1.51. The number of benzene rings is 1. The van der Waals surface area contributed by atoms with E-state index in [9.17, 15) is 4.79 Å². The lowest BCUT2D eigenvalue weighted by Gasteiger charge is -2.41. The number of carbonyl (C=O) groups is 1. The van der Waals surface area contributed by atoms with Crippen molar-refractivity contribution >= 4 is 11.7 Å². The fourth-order valence-corrected chi connectivity index (χ4v) is 4.01. The standard InChI is InChI=1S/C20H32N4O2/c1-3-26-19-9-5-4-8-18(19)22-20(25)21-16-7-6-12-24(15-16)17-10-13-23(2)14-11-17/h4-5,8-9,16-17H,3,6-7,10-15H2,1-2H3,(H2,21,22,25)/t16-/m0/s1. The maximum Gasteiger partial charge on any atom is 0.319 e. The van der Waals surface area contributed by atoms with Crippen molar-refractivity contribution in [3.05, 3.63) is 24.3 Å². The maximum absolute atomic E-state index is 12.5. The molecule has 1 aromatic rings. The molecule has 0 radical (unpaired) electrons. The van der Waals surface area contributed by atoms with Gasteiger partial charge in [-0.15, -0.1) is 0 Å². The first-order chi connectivity index (χ1) is 12.7. The van der Waals surface area contributed by atoms with Gasteiger partial charge in [0.25, 0.3) is 0 Å². The summed E-state index contributed by atoms with van der Waals surface area (Å²) >= 11 is 0. The summed E-state index contributed by atoms with van der Waals surface area (Å²) in [6, 6.07) is 8.29. The monoisotopic (exact) mass is 360 g/mol. The molecule has 0 aliphatic carbocycles. The molecular weight excluding hydrogens is 328 g/mol. The third-order valence-electron chi connectivity index (χ3n) is 5.43. The van der Waals surface area contributed by atoms with Gasteiger partial charge in [-0.2, -0.15) is 0 Å². The first kappa shape index (κ1) is 19.0. The lowest BCUT2D eigenvalue weighted by molar-refractivity contribution is 0.0900. The van der Waals surface area contributed by atoms with Gasteiger partial charge in [0.2, 0.25) is 0 Å². The molecule has 0 unspecified atom stereocenters. The number of piperidine rings is 2. The zero-order valence-corrected chi connectivity index (χ0v) is 16.0. The van der Waals surface area contributed by atoms with Crippen LogP contribution in [0.25, 0.3) is 0 Å². The number of anilines is 1. The second-order valence-corrected chi connectivity index (χ2v) is 7.40. The van der Waals surface area contributed by atoms with E-state index >= 15 is 0 Å². The predicted molar refractivity (Wildman–Crippen MR) is 105 cm³/mol. The molecule has 1 atom stereocenters. The van der Waals surface area contributed by atoms with Crippen molar-refractivity contribution < 1.29 is 9.53 Å². The zero-order chi connectivity index (χ0) is 18.4. The highest BCUT2D eigenvalue weighted by Crippen LogP contribution is 2.24. The number of likely N-dealkylation sites (tertiary alicyclic amines) is 2. The van der Waals surface area contributed by atoms with E-state index in [1.807, 2.05) is 31.2 Å². The molecule has 144 valence electrons. The van der Waals surface area contributed by atoms with Gasteiger partial charge < -0.3 is 20.3 Å². The number of urea groups is 1. The van der Waals surface area contributed by atoms with Crippen molar-refractivity contribution in [2.45, 2.75) is 44.7 Å². The van der Waals surface area contributed by atoms with Crippen LogP contribution < -0.4 is 15.4 Å². The molecule has 2 saturated heterocycles. The van der Waals surface area contributed by atoms with Crippen LogP contribution in [0.1, 0.15) is 32.6 Å². The van der Waals surface area contributed by atoms with Crippen LogP contribution in [-0.2, 0) is 0 Å². The second-order valence-electron chi connectivity index (χ2n) is 7.40. The van der Waals surface area contributed by atoms with Gasteiger partial charge in [-0.25, -0.2) is 4.79 Å². The third kappa shape index (κ3) is 5.11. The Kier molecular flexibility index (Phi) is 6.74. The Morgan fingerprint density at radius 3 is 2.73 bits per heavy atom. The molecule has 2 amide bonds. The van der Waals surface area contributed by atoms with Gasteiger partial charge in [0.05, 0.1) is 12.3 Å². The van der Waals surface area contributed by atoms with Crippen molar-refractivity contribution in [2.24, 2.45) is 0 Å². The minimum Gasteiger partial charge on any atom is -0.492 e. The van der Waals surface area contributed by atoms with E-state index in [-0.39, 0.29) is 12.1 Å². The van der Waals surface area contributed by atoms with Gasteiger partial charge in [-0.3, -0.25) is 4.90 Å². The van der Waals surface area contributed by atoms with Crippen molar-refractivity contribution in [2.75, 3.05) is 45.2 Å². The van der Waals surface area contributed by atoms with Crippen LogP contribution in [0.3, 0.4) is 0 Å². The molecule has 6 nitrogen and oxygen atoms in total. The molecule has 26 heavy (non-hydrogen) atoms. The number of hydrogen-bond acceptors (Lipinski definition) is 4. The molecule has 2 heterocycles. The molecule has 3 rings (SSSR count). The van der Waals surface area contributed by atoms with E-state index in [0.29, 0.717) is 18.4 Å². The first-order valence-corrected chi connectivity index (χ1v) is 9.87. The summed E-state index contributed by atoms with van der Waals surface area (Å²) in [5.74, 6) is 0.710. The lowest BCUT2D eigenvalue weighted by Crippen LogP contribution is -2.53. The quantitative estimate of drug-likeness (QED) is 0.848. The van der Waals surface area contributed by atoms with E-state index in [0.717, 1.165) is 31.6 Å². The fraction of sp³-hybridized carbons (Fsp3) is 0.650. The first-order valence-electron chi connectivity index (χ1n) is 9.87. The number of nitrogens with zero attached hydrogens (tertiary/aromatic N) is 2. The molecule has 2 aliphatic rings. The van der Waals surface area contributed by atoms with E-state index in [2.05, 4.69) is 27.5 Å². The van der Waals surface area contributed by atoms with E-state index in [4.69, 9.17) is 4.74 Å². The summed E-state index contributed by atoms with van der Waals surface area (Å²) < 4.78 is 5.58. The van der Waals surface area contributed by atoms with Crippen molar-refractivity contribution in [3.63, 3.8) is 0 Å². The van der Waals surface area contributed by atoms with E-state index in [1.165, 1.54) is 25.9 Å². The highest BCUT2D eigenvalue weighted by Gasteiger charge is 2.28. The third-order valence-corrected chi connectivity index (χ3v) is 5.43. The minimum atomic E-state index is -0.146. The number of nitrogens with one attached hydrogen (secondary N) is 2. The number of hydrogen-bond donors (Lipinski definition) is 2. The largest absolute Gasteiger partial charge is 0.492 e. The van der Waals surface area contributed by atoms with Crippen LogP contribution in [0.5, 0.6) is 5.75 Å². The molecule has 0 aromatic heterocycles. The Morgan fingerprint density at radius 2 is 1.96 bits per heavy atom. The fourth-order valence-electron chi connectivity index (χ4n) is 4.01. The molecule has 2 aliphatic heterocycles. The van der Waals surface area contributed by atoms with Gasteiger partial charge in [0.1, 0.15) is 5.75 Å². The minimum absolute atomic E-state index is 0.146. The summed E-state index contributed by atoms with van der Waals surface area (Å²) in [5, 5.41) is 6.10. The van der Waals surface area contributed by atoms with Crippen molar-refractivity contribution in [1.82, 2.24) is 15.1 Å². The highest BCUT2D eigenvalue weighted by atomic mass is 16.5. The number of para-hydroxylation sites is 2. The summed E-state index contributed by atoms with van der Waals surface area (Å²) in [5.41, 5.74) is 0.717. The Bertz CT molecular complexity index is 587. The Labute approximate surface area is 156 Å². The van der Waals surface area contributed by atoms with Crippen molar-refractivity contribution in [3.8, 4) is 5.75 Å². The molecule has 0 saturated carbocycles. The Hall–Kier alpha value is -1.79. The van der Waals surface area contributed by atoms with E-state index < -0.39 is 0 Å². The van der Waals surface area contributed by atoms with E-state index in [1.54, 1.807) is 0 Å². The molecule has 0 bridgehead atoms. The summed E-state index contributed by atoms with van der Waals surface area (Å²) in [6.07, 6.45) is 4.66. The molecule has 1 aromatic carbocycles. The molecule has 2 N–H and O–H groups in total. The second kappa shape index (κ2) is 9.24. The van der Waals surface area contributed by atoms with Gasteiger partial charge in [-0.05, 0) is 71.4 Å². The van der Waals surface area contributed by atoms with Gasteiger partial charge in [-0.1, -0.05) is 12.1 Å². The van der Waals surface area contributed by atoms with Crippen LogP contribution in [0.4, 0.5) is 10.5 Å². The maximum atomic E-state index is 12.5. The summed E-state index contributed by atoms with van der Waals surface area (Å²) in [6.45, 7) is 6.98. The van der Waals surface area contributed by atoms with Crippen LogP contribution >= 0.6 is 0 Å². The summed E-state index contributed by atoms with van der Waals surface area (Å²) in [4.78, 5) is 17.4. The number of carbonyl (C=O) groups excluding carboxylic acids is 1. The zero-order valence-electron chi connectivity index (χ0n) is 16.0. The van der Waals surface area contributed by atoms with Gasteiger partial charge in [0.15, 0.2) is 0 Å². The average Bonchev–Trinajstić information content (AvgIpc) is 2.64. The normalized spacial score (nSPS) is 22.8. The topological polar surface area (TPSA) is 56.8 Å². The molecular formula is C20H32N4O2. The van der Waals surface area contributed by atoms with Gasteiger partial charge in [0, 0.05) is 18.6 Å². The number of rotatable bonds is 5. The smallest absolute Gasteiger partial charge is 0.319 e. The SMILES string of the molecule is CCOc1ccccc1NC(=O)N[C@H]1CCCN(C2CCN(C)CC2)C1. The molecule has 0 spiro atoms. The van der Waals surface area contributed by atoms with Crippen LogP contribution in [0, 0.1) is 0 Å². The summed E-state index contributed by atoms with van der Waals surface area (Å²) in [7, 11) is 2.20. The molecule has 2 fully saturated rings. The average molecular weight is 361 g/mol. The van der Waals surface area contributed by atoms with Gasteiger partial charge >= 0.3 is 6.03 Å². The van der Waals surface area contributed by atoms with Crippen LogP contribution in [-0.4, -0.2) is 67.7 Å². The van der Waals surface area contributed by atoms with Crippen molar-refractivity contribution in [1.29, 1.82) is 0 Å². The predicted octanol–water partition coefficient (Wildman–Crippen LogP) is 2.77. The number of amides is 2. The lowest BCUT2D eigenvalue weighted by atomic mass is 9.98. The van der Waals surface area contributed by atoms with Crippen LogP contribution in [0.15, 0.2) is 24.3 Å². The molecule has 6 heteroatoms. The number of ether oxygens (including phenoxy) is 1. The highest BCUT2D eigenvalue weighted by molar-refractivity contribution is 5.91. The Morgan fingerprint density at radius 1 is 1.19 bits per heavy atom.